The molecule has 3 nitrogen and oxygen atoms in total. The molecule has 0 bridgehead atoms. The Balaban J connectivity index is 1.79. The van der Waals surface area contributed by atoms with Crippen molar-refractivity contribution in [3.05, 3.63) is 58.2 Å². The van der Waals surface area contributed by atoms with Crippen LogP contribution in [0.3, 0.4) is 0 Å². The summed E-state index contributed by atoms with van der Waals surface area (Å²) >= 11 is 1.74. The number of benzene rings is 1. The highest BCUT2D eigenvalue weighted by Gasteiger charge is 2.18. The average Bonchev–Trinajstić information content (AvgIpc) is 3.11. The van der Waals surface area contributed by atoms with Gasteiger partial charge in [-0.25, -0.2) is 4.39 Å². The summed E-state index contributed by atoms with van der Waals surface area (Å²) in [5.41, 5.74) is 6.87. The molecule has 0 aliphatic rings. The van der Waals surface area contributed by atoms with Crippen LogP contribution in [0.25, 0.3) is 11.1 Å². The number of aryl methyl sites for hydroxylation is 2. The number of nitrogen functional groups attached to an aromatic ring is 1. The third-order valence-electron chi connectivity index (χ3n) is 3.34. The molecular formula is C16H15FN2OS. The van der Waals surface area contributed by atoms with Gasteiger partial charge in [-0.05, 0) is 30.4 Å². The van der Waals surface area contributed by atoms with E-state index in [1.807, 2.05) is 6.07 Å². The van der Waals surface area contributed by atoms with Crippen LogP contribution in [0.2, 0.25) is 0 Å². The quantitative estimate of drug-likeness (QED) is 0.764. The first-order valence-corrected chi connectivity index (χ1v) is 7.65. The molecule has 3 aromatic rings. The van der Waals surface area contributed by atoms with Crippen molar-refractivity contribution >= 4 is 17.2 Å². The zero-order chi connectivity index (χ0) is 14.7. The van der Waals surface area contributed by atoms with E-state index >= 15 is 0 Å². The van der Waals surface area contributed by atoms with Crippen LogP contribution in [-0.4, -0.2) is 5.16 Å². The minimum Gasteiger partial charge on any atom is -0.380 e. The van der Waals surface area contributed by atoms with Crippen LogP contribution in [0.1, 0.15) is 17.1 Å². The number of halogens is 1. The van der Waals surface area contributed by atoms with Crippen LogP contribution in [0.15, 0.2) is 46.3 Å². The molecule has 21 heavy (non-hydrogen) atoms. The van der Waals surface area contributed by atoms with Crippen molar-refractivity contribution in [2.45, 2.75) is 19.3 Å². The third kappa shape index (κ3) is 2.97. The van der Waals surface area contributed by atoms with Crippen LogP contribution in [0, 0.1) is 5.82 Å². The molecule has 108 valence electrons. The van der Waals surface area contributed by atoms with Gasteiger partial charge in [0.25, 0.3) is 0 Å². The second kappa shape index (κ2) is 6.10. The summed E-state index contributed by atoms with van der Waals surface area (Å²) in [5.74, 6) is 0.576. The highest BCUT2D eigenvalue weighted by atomic mass is 32.1. The summed E-state index contributed by atoms with van der Waals surface area (Å²) in [4.78, 5) is 1.33. The summed E-state index contributed by atoms with van der Waals surface area (Å²) in [6.45, 7) is 0. The summed E-state index contributed by atoms with van der Waals surface area (Å²) in [6, 6.07) is 10.7. The fourth-order valence-corrected chi connectivity index (χ4v) is 3.09. The summed E-state index contributed by atoms with van der Waals surface area (Å²) < 4.78 is 19.2. The Morgan fingerprint density at radius 1 is 1.14 bits per heavy atom. The molecule has 0 radical (unpaired) electrons. The van der Waals surface area contributed by atoms with Gasteiger partial charge in [-0.15, -0.1) is 11.3 Å². The van der Waals surface area contributed by atoms with Crippen molar-refractivity contribution in [1.29, 1.82) is 0 Å². The van der Waals surface area contributed by atoms with Crippen molar-refractivity contribution in [2.75, 3.05) is 5.73 Å². The van der Waals surface area contributed by atoms with E-state index in [2.05, 4.69) is 16.6 Å². The number of hydrogen-bond donors (Lipinski definition) is 1. The molecule has 3 rings (SSSR count). The van der Waals surface area contributed by atoms with Gasteiger partial charge in [0.2, 0.25) is 0 Å². The van der Waals surface area contributed by atoms with Crippen LogP contribution < -0.4 is 5.73 Å². The fraction of sp³-hybridized carbons (Fsp3) is 0.188. The van der Waals surface area contributed by atoms with Crippen LogP contribution >= 0.6 is 11.3 Å². The number of nitrogens with two attached hydrogens (primary N) is 1. The van der Waals surface area contributed by atoms with Gasteiger partial charge >= 0.3 is 0 Å². The summed E-state index contributed by atoms with van der Waals surface area (Å²) in [6.07, 6.45) is 2.57. The van der Waals surface area contributed by atoms with Crippen molar-refractivity contribution in [3.63, 3.8) is 0 Å². The van der Waals surface area contributed by atoms with Crippen molar-refractivity contribution in [3.8, 4) is 11.1 Å². The Kier molecular flexibility index (Phi) is 4.01. The monoisotopic (exact) mass is 302 g/mol. The van der Waals surface area contributed by atoms with Crippen LogP contribution in [0.4, 0.5) is 10.2 Å². The van der Waals surface area contributed by atoms with E-state index in [1.165, 1.54) is 10.9 Å². The lowest BCUT2D eigenvalue weighted by atomic mass is 10.0. The van der Waals surface area contributed by atoms with E-state index in [4.69, 9.17) is 10.3 Å². The molecular weight excluding hydrogens is 287 g/mol. The van der Waals surface area contributed by atoms with Crippen LogP contribution in [-0.2, 0) is 12.8 Å². The minimum absolute atomic E-state index is 0.242. The predicted octanol–water partition coefficient (Wildman–Crippen LogP) is 4.30. The van der Waals surface area contributed by atoms with Gasteiger partial charge in [-0.1, -0.05) is 29.4 Å². The summed E-state index contributed by atoms with van der Waals surface area (Å²) in [5, 5.41) is 5.85. The maximum atomic E-state index is 13.9. The van der Waals surface area contributed by atoms with Crippen molar-refractivity contribution in [1.82, 2.24) is 5.16 Å². The molecule has 0 saturated carbocycles. The highest BCUT2D eigenvalue weighted by Crippen LogP contribution is 2.32. The third-order valence-corrected chi connectivity index (χ3v) is 4.28. The Morgan fingerprint density at radius 2 is 2.00 bits per heavy atom. The molecule has 0 aliphatic carbocycles. The first kappa shape index (κ1) is 13.8. The van der Waals surface area contributed by atoms with E-state index in [-0.39, 0.29) is 11.6 Å². The number of aromatic nitrogens is 1. The van der Waals surface area contributed by atoms with Crippen molar-refractivity contribution in [2.24, 2.45) is 0 Å². The maximum Gasteiger partial charge on any atom is 0.175 e. The zero-order valence-electron chi connectivity index (χ0n) is 11.4. The largest absolute Gasteiger partial charge is 0.380 e. The van der Waals surface area contributed by atoms with Gasteiger partial charge in [-0.2, -0.15) is 0 Å². The fourth-order valence-electron chi connectivity index (χ4n) is 2.34. The molecule has 0 amide bonds. The van der Waals surface area contributed by atoms with Gasteiger partial charge in [0.1, 0.15) is 11.6 Å². The lowest BCUT2D eigenvalue weighted by molar-refractivity contribution is 0.384. The van der Waals surface area contributed by atoms with Crippen LogP contribution in [0.5, 0.6) is 0 Å². The van der Waals surface area contributed by atoms with E-state index in [9.17, 15) is 4.39 Å². The van der Waals surface area contributed by atoms with Gasteiger partial charge in [0, 0.05) is 16.9 Å². The Bertz CT molecular complexity index is 722. The topological polar surface area (TPSA) is 52.0 Å². The average molecular weight is 302 g/mol. The highest BCUT2D eigenvalue weighted by molar-refractivity contribution is 7.09. The maximum absolute atomic E-state index is 13.9. The Morgan fingerprint density at radius 3 is 2.76 bits per heavy atom. The Labute approximate surface area is 126 Å². The molecule has 0 atom stereocenters. The van der Waals surface area contributed by atoms with Gasteiger partial charge in [-0.3, -0.25) is 0 Å². The standard InChI is InChI=1S/C16H15FN2OS/c17-13-8-2-1-7-12(13)15-14(20-19-16(15)18)9-3-5-11-6-4-10-21-11/h1-2,4,6-8,10H,3,5,9H2,(H2,18,19). The predicted molar refractivity (Wildman–Crippen MR) is 82.7 cm³/mol. The molecule has 2 N–H and O–H groups in total. The second-order valence-electron chi connectivity index (χ2n) is 4.78. The SMILES string of the molecule is Nc1noc(CCCc2cccs2)c1-c1ccccc1F. The molecule has 1 aromatic carbocycles. The molecule has 0 unspecified atom stereocenters. The lowest BCUT2D eigenvalue weighted by Gasteiger charge is -2.03. The van der Waals surface area contributed by atoms with Gasteiger partial charge in [0.15, 0.2) is 5.82 Å². The first-order valence-electron chi connectivity index (χ1n) is 6.77. The summed E-state index contributed by atoms with van der Waals surface area (Å²) in [7, 11) is 0. The zero-order valence-corrected chi connectivity index (χ0v) is 12.2. The van der Waals surface area contributed by atoms with Crippen molar-refractivity contribution < 1.29 is 8.91 Å². The first-order chi connectivity index (χ1) is 10.3. The molecule has 2 heterocycles. The second-order valence-corrected chi connectivity index (χ2v) is 5.81. The van der Waals surface area contributed by atoms with E-state index in [0.717, 1.165) is 12.8 Å². The number of thiophene rings is 1. The normalized spacial score (nSPS) is 10.9. The minimum atomic E-state index is -0.313. The molecule has 0 spiro atoms. The van der Waals surface area contributed by atoms with E-state index < -0.39 is 0 Å². The molecule has 0 aliphatic heterocycles. The number of nitrogens with zero attached hydrogens (tertiary/aromatic N) is 1. The number of hydrogen-bond acceptors (Lipinski definition) is 4. The lowest BCUT2D eigenvalue weighted by Crippen LogP contribution is -1.94. The molecule has 0 fully saturated rings. The van der Waals surface area contributed by atoms with Gasteiger partial charge < -0.3 is 10.3 Å². The number of rotatable bonds is 5. The number of anilines is 1. The smallest absolute Gasteiger partial charge is 0.175 e. The molecule has 0 saturated heterocycles. The van der Waals surface area contributed by atoms with Gasteiger partial charge in [0.05, 0.1) is 5.56 Å². The van der Waals surface area contributed by atoms with E-state index in [1.54, 1.807) is 29.5 Å². The molecule has 2 aromatic heterocycles. The Hall–Kier alpha value is -2.14. The molecule has 5 heteroatoms. The van der Waals surface area contributed by atoms with E-state index in [0.29, 0.717) is 23.3 Å².